The number of nitrogens with one attached hydrogen (secondary N) is 1. The van der Waals surface area contributed by atoms with Gasteiger partial charge in [-0.2, -0.15) is 4.98 Å². The minimum Gasteiger partial charge on any atom is -0.463 e. The highest BCUT2D eigenvalue weighted by molar-refractivity contribution is 5.72. The van der Waals surface area contributed by atoms with E-state index in [4.69, 9.17) is 10.5 Å². The molecule has 1 heterocycles. The summed E-state index contributed by atoms with van der Waals surface area (Å²) in [6, 6.07) is 0. The molecule has 0 amide bonds. The van der Waals surface area contributed by atoms with Gasteiger partial charge in [0.1, 0.15) is 6.20 Å². The highest BCUT2D eigenvalue weighted by atomic mass is 16.6. The first-order valence-electron chi connectivity index (χ1n) is 6.02. The summed E-state index contributed by atoms with van der Waals surface area (Å²) in [5.41, 5.74) is 5.07. The molecule has 3 N–H and O–H groups in total. The number of aromatic nitrogens is 2. The van der Waals surface area contributed by atoms with Gasteiger partial charge in [0.05, 0.1) is 16.9 Å². The number of esters is 1. The van der Waals surface area contributed by atoms with Crippen LogP contribution in [-0.2, 0) is 9.53 Å². The Bertz CT molecular complexity index is 506. The van der Waals surface area contributed by atoms with Gasteiger partial charge in [0, 0.05) is 6.54 Å². The summed E-state index contributed by atoms with van der Waals surface area (Å²) in [6.07, 6.45) is 0.832. The largest absolute Gasteiger partial charge is 0.463 e. The van der Waals surface area contributed by atoms with Crippen molar-refractivity contribution in [2.75, 3.05) is 17.6 Å². The molecular weight excluding hydrogens is 266 g/mol. The van der Waals surface area contributed by atoms with Gasteiger partial charge < -0.3 is 15.8 Å². The number of carbonyl (C=O) groups is 1. The SMILES string of the molecule is CC(C)OC(=O)C(C)CNc1ncc([N+](=O)[O-])c(N)n1. The quantitative estimate of drug-likeness (QED) is 0.448. The molecule has 110 valence electrons. The van der Waals surface area contributed by atoms with Crippen LogP contribution >= 0.6 is 0 Å². The third-order valence-corrected chi connectivity index (χ3v) is 2.32. The Labute approximate surface area is 115 Å². The van der Waals surface area contributed by atoms with Crippen LogP contribution in [0.4, 0.5) is 17.5 Å². The molecule has 9 heteroatoms. The second-order valence-corrected chi connectivity index (χ2v) is 4.49. The van der Waals surface area contributed by atoms with E-state index in [1.165, 1.54) is 0 Å². The molecule has 20 heavy (non-hydrogen) atoms. The second-order valence-electron chi connectivity index (χ2n) is 4.49. The molecule has 0 bridgehead atoms. The molecular formula is C11H17N5O4. The van der Waals surface area contributed by atoms with Crippen LogP contribution in [0.25, 0.3) is 0 Å². The molecule has 1 aromatic heterocycles. The zero-order valence-corrected chi connectivity index (χ0v) is 11.5. The van der Waals surface area contributed by atoms with E-state index in [0.717, 1.165) is 6.20 Å². The van der Waals surface area contributed by atoms with Gasteiger partial charge in [0.15, 0.2) is 0 Å². The van der Waals surface area contributed by atoms with E-state index in [1.54, 1.807) is 20.8 Å². The Morgan fingerprint density at radius 3 is 2.70 bits per heavy atom. The topological polar surface area (TPSA) is 133 Å². The normalized spacial score (nSPS) is 12.0. The van der Waals surface area contributed by atoms with Crippen molar-refractivity contribution in [2.24, 2.45) is 5.92 Å². The molecule has 0 aliphatic heterocycles. The van der Waals surface area contributed by atoms with Gasteiger partial charge >= 0.3 is 11.7 Å². The van der Waals surface area contributed by atoms with E-state index >= 15 is 0 Å². The van der Waals surface area contributed by atoms with Crippen molar-refractivity contribution in [3.8, 4) is 0 Å². The van der Waals surface area contributed by atoms with Crippen LogP contribution in [0.1, 0.15) is 20.8 Å². The molecule has 0 aromatic carbocycles. The lowest BCUT2D eigenvalue weighted by atomic mass is 10.2. The minimum absolute atomic E-state index is 0.122. The van der Waals surface area contributed by atoms with E-state index in [1.807, 2.05) is 0 Å². The molecule has 0 aliphatic carbocycles. The molecule has 0 fully saturated rings. The van der Waals surface area contributed by atoms with Crippen LogP contribution in [0.3, 0.4) is 0 Å². The van der Waals surface area contributed by atoms with Crippen molar-refractivity contribution in [3.63, 3.8) is 0 Å². The Morgan fingerprint density at radius 1 is 1.55 bits per heavy atom. The zero-order valence-electron chi connectivity index (χ0n) is 11.5. The molecule has 0 saturated heterocycles. The standard InChI is InChI=1S/C11H17N5O4/c1-6(2)20-10(17)7(3)4-13-11-14-5-8(16(18)19)9(12)15-11/h5-7H,4H2,1-3H3,(H3,12,13,14,15). The molecule has 1 rings (SSSR count). The highest BCUT2D eigenvalue weighted by Gasteiger charge is 2.17. The van der Waals surface area contributed by atoms with Crippen molar-refractivity contribution in [1.82, 2.24) is 9.97 Å². The fraction of sp³-hybridized carbons (Fsp3) is 0.545. The lowest BCUT2D eigenvalue weighted by Gasteiger charge is -2.14. The van der Waals surface area contributed by atoms with Crippen LogP contribution < -0.4 is 11.1 Å². The van der Waals surface area contributed by atoms with E-state index in [0.29, 0.717) is 0 Å². The number of hydrogen-bond acceptors (Lipinski definition) is 8. The first kappa shape index (κ1) is 15.6. The molecule has 0 aliphatic rings. The summed E-state index contributed by atoms with van der Waals surface area (Å²) in [5, 5.41) is 13.3. The number of nitro groups is 1. The molecule has 1 atom stereocenters. The van der Waals surface area contributed by atoms with Gasteiger partial charge in [-0.3, -0.25) is 14.9 Å². The van der Waals surface area contributed by atoms with Crippen LogP contribution in [-0.4, -0.2) is 33.5 Å². The number of nitrogen functional groups attached to an aromatic ring is 1. The summed E-state index contributed by atoms with van der Waals surface area (Å²) >= 11 is 0. The van der Waals surface area contributed by atoms with Gasteiger partial charge in [-0.15, -0.1) is 0 Å². The van der Waals surface area contributed by atoms with E-state index in [2.05, 4.69) is 15.3 Å². The number of anilines is 2. The summed E-state index contributed by atoms with van der Waals surface area (Å²) in [7, 11) is 0. The molecule has 0 radical (unpaired) electrons. The molecule has 0 spiro atoms. The van der Waals surface area contributed by atoms with Gasteiger partial charge in [-0.1, -0.05) is 6.92 Å². The van der Waals surface area contributed by atoms with Gasteiger partial charge in [-0.25, -0.2) is 4.98 Å². The minimum atomic E-state index is -0.665. The fourth-order valence-corrected chi connectivity index (χ4v) is 1.29. The molecule has 1 aromatic rings. The van der Waals surface area contributed by atoms with E-state index in [9.17, 15) is 14.9 Å². The third kappa shape index (κ3) is 4.34. The zero-order chi connectivity index (χ0) is 15.3. The van der Waals surface area contributed by atoms with Gasteiger partial charge in [0.2, 0.25) is 11.8 Å². The van der Waals surface area contributed by atoms with Gasteiger partial charge in [-0.05, 0) is 13.8 Å². The third-order valence-electron chi connectivity index (χ3n) is 2.32. The van der Waals surface area contributed by atoms with Crippen LogP contribution in [0.15, 0.2) is 6.20 Å². The molecule has 9 nitrogen and oxygen atoms in total. The average molecular weight is 283 g/mol. The van der Waals surface area contributed by atoms with Crippen LogP contribution in [0, 0.1) is 16.0 Å². The smallest absolute Gasteiger partial charge is 0.329 e. The maximum absolute atomic E-state index is 11.6. The van der Waals surface area contributed by atoms with Crippen molar-refractivity contribution < 1.29 is 14.5 Å². The second kappa shape index (κ2) is 6.64. The van der Waals surface area contributed by atoms with Gasteiger partial charge in [0.25, 0.3) is 0 Å². The Morgan fingerprint density at radius 2 is 2.20 bits per heavy atom. The monoisotopic (exact) mass is 283 g/mol. The van der Waals surface area contributed by atoms with Crippen molar-refractivity contribution >= 4 is 23.4 Å². The lowest BCUT2D eigenvalue weighted by molar-refractivity contribution is -0.384. The first-order chi connectivity index (χ1) is 9.31. The average Bonchev–Trinajstić information content (AvgIpc) is 2.34. The Kier molecular flexibility index (Phi) is 5.18. The number of ether oxygens (including phenoxy) is 1. The summed E-state index contributed by atoms with van der Waals surface area (Å²) in [5.74, 6) is -0.859. The van der Waals surface area contributed by atoms with E-state index in [-0.39, 0.29) is 36.1 Å². The lowest BCUT2D eigenvalue weighted by Crippen LogP contribution is -2.25. The predicted molar refractivity (Wildman–Crippen MR) is 72.0 cm³/mol. The number of nitrogens with zero attached hydrogens (tertiary/aromatic N) is 3. The maximum atomic E-state index is 11.6. The van der Waals surface area contributed by atoms with Crippen molar-refractivity contribution in [2.45, 2.75) is 26.9 Å². The van der Waals surface area contributed by atoms with E-state index < -0.39 is 10.8 Å². The van der Waals surface area contributed by atoms with Crippen molar-refractivity contribution in [3.05, 3.63) is 16.3 Å². The Balaban J connectivity index is 2.60. The molecule has 1 unspecified atom stereocenters. The first-order valence-corrected chi connectivity index (χ1v) is 6.02. The van der Waals surface area contributed by atoms with Crippen molar-refractivity contribution in [1.29, 1.82) is 0 Å². The Hall–Kier alpha value is -2.45. The fourth-order valence-electron chi connectivity index (χ4n) is 1.29. The number of carbonyl (C=O) groups excluding carboxylic acids is 1. The maximum Gasteiger partial charge on any atom is 0.329 e. The number of nitrogens with two attached hydrogens (primary N) is 1. The summed E-state index contributed by atoms with van der Waals surface area (Å²) in [4.78, 5) is 29.0. The summed E-state index contributed by atoms with van der Waals surface area (Å²) in [6.45, 7) is 5.45. The number of rotatable bonds is 6. The number of hydrogen-bond donors (Lipinski definition) is 2. The van der Waals surface area contributed by atoms with Crippen LogP contribution in [0.2, 0.25) is 0 Å². The summed E-state index contributed by atoms with van der Waals surface area (Å²) < 4.78 is 5.04. The predicted octanol–water partition coefficient (Wildman–Crippen LogP) is 0.967. The highest BCUT2D eigenvalue weighted by Crippen LogP contribution is 2.18. The van der Waals surface area contributed by atoms with Crippen LogP contribution in [0.5, 0.6) is 0 Å². The molecule has 0 saturated carbocycles.